The molecule has 0 aliphatic heterocycles. The molecule has 26 heavy (non-hydrogen) atoms. The van der Waals surface area contributed by atoms with Gasteiger partial charge in [0.1, 0.15) is 17.1 Å². The van der Waals surface area contributed by atoms with Crippen LogP contribution in [0.4, 0.5) is 0 Å². The minimum Gasteiger partial charge on any atom is -0.618 e. The zero-order valence-corrected chi connectivity index (χ0v) is 15.0. The molecule has 4 aromatic heterocycles. The first kappa shape index (κ1) is 16.3. The van der Waals surface area contributed by atoms with Crippen LogP contribution in [0.3, 0.4) is 0 Å². The van der Waals surface area contributed by atoms with E-state index in [9.17, 15) is 10.4 Å². The molecule has 0 bridgehead atoms. The van der Waals surface area contributed by atoms with Crippen molar-refractivity contribution in [1.29, 1.82) is 0 Å². The van der Waals surface area contributed by atoms with Crippen molar-refractivity contribution in [2.75, 3.05) is 0 Å². The third kappa shape index (κ3) is 3.04. The van der Waals surface area contributed by atoms with Gasteiger partial charge in [-0.25, -0.2) is 4.98 Å². The summed E-state index contributed by atoms with van der Waals surface area (Å²) in [6.07, 6.45) is 2.81. The highest BCUT2D eigenvalue weighted by Crippen LogP contribution is 2.30. The van der Waals surface area contributed by atoms with Gasteiger partial charge in [-0.1, -0.05) is 0 Å². The molecule has 0 spiro atoms. The van der Waals surface area contributed by atoms with Crippen molar-refractivity contribution in [2.45, 2.75) is 0 Å². The van der Waals surface area contributed by atoms with Gasteiger partial charge in [0.2, 0.25) is 11.4 Å². The molecular weight excluding hydrogens is 398 g/mol. The molecule has 6 nitrogen and oxygen atoms in total. The first-order chi connectivity index (χ1) is 12.6. The lowest BCUT2D eigenvalue weighted by Gasteiger charge is -2.08. The average Bonchev–Trinajstić information content (AvgIpc) is 3.09. The number of aromatic nitrogens is 3. The Labute approximate surface area is 157 Å². The van der Waals surface area contributed by atoms with Crippen LogP contribution in [0.1, 0.15) is 0 Å². The Hall–Kier alpha value is -3.19. The number of furan rings is 1. The molecule has 4 heterocycles. The van der Waals surface area contributed by atoms with Crippen LogP contribution in [0.15, 0.2) is 82.1 Å². The molecular formula is C19H12BrN3O3. The van der Waals surface area contributed by atoms with Crippen molar-refractivity contribution in [3.8, 4) is 34.1 Å². The Balaban J connectivity index is 1.96. The first-order valence-corrected chi connectivity index (χ1v) is 8.56. The fourth-order valence-electron chi connectivity index (χ4n) is 2.66. The summed E-state index contributed by atoms with van der Waals surface area (Å²) in [6, 6.07) is 17.3. The van der Waals surface area contributed by atoms with Crippen LogP contribution in [-0.2, 0) is 0 Å². The maximum absolute atomic E-state index is 12.2. The molecule has 4 aromatic rings. The maximum atomic E-state index is 12.2. The predicted octanol–water partition coefficient (Wildman–Crippen LogP) is 3.70. The van der Waals surface area contributed by atoms with Crippen LogP contribution in [0.25, 0.3) is 34.1 Å². The minimum atomic E-state index is 0.384. The van der Waals surface area contributed by atoms with Gasteiger partial charge in [-0.2, -0.15) is 9.46 Å². The lowest BCUT2D eigenvalue weighted by Crippen LogP contribution is -2.29. The summed E-state index contributed by atoms with van der Waals surface area (Å²) in [5, 5.41) is 24.3. The van der Waals surface area contributed by atoms with Crippen LogP contribution >= 0.6 is 15.9 Å². The Morgan fingerprint density at radius 2 is 1.38 bits per heavy atom. The number of pyridine rings is 3. The SMILES string of the molecule is [O-][n+]1ccccc1-c1cc(-c2ccc(Br)o2)cc(-c2cccc[n+]2[O-])n1. The van der Waals surface area contributed by atoms with Gasteiger partial charge in [0.05, 0.1) is 0 Å². The first-order valence-electron chi connectivity index (χ1n) is 7.77. The predicted molar refractivity (Wildman–Crippen MR) is 98.4 cm³/mol. The van der Waals surface area contributed by atoms with E-state index in [1.54, 1.807) is 60.7 Å². The summed E-state index contributed by atoms with van der Waals surface area (Å²) in [4.78, 5) is 4.53. The molecule has 0 atom stereocenters. The highest BCUT2D eigenvalue weighted by atomic mass is 79.9. The second-order valence-corrected chi connectivity index (χ2v) is 6.33. The van der Waals surface area contributed by atoms with Crippen LogP contribution in [0, 0.1) is 10.4 Å². The molecule has 0 saturated carbocycles. The van der Waals surface area contributed by atoms with Crippen LogP contribution in [-0.4, -0.2) is 4.98 Å². The van der Waals surface area contributed by atoms with E-state index in [1.165, 1.54) is 12.4 Å². The molecule has 0 radical (unpaired) electrons. The average molecular weight is 410 g/mol. The van der Waals surface area contributed by atoms with Crippen molar-refractivity contribution in [3.63, 3.8) is 0 Å². The Morgan fingerprint density at radius 1 is 0.808 bits per heavy atom. The summed E-state index contributed by atoms with van der Waals surface area (Å²) in [7, 11) is 0. The fraction of sp³-hybridized carbons (Fsp3) is 0. The standard InChI is InChI=1S/C19H12BrN3O3/c20-19-8-7-18(26-19)13-11-14(16-5-1-3-9-22(16)24)21-15(12-13)17-6-2-4-10-23(17)25/h1-12H. The van der Waals surface area contributed by atoms with E-state index < -0.39 is 0 Å². The summed E-state index contributed by atoms with van der Waals surface area (Å²) in [6.45, 7) is 0. The largest absolute Gasteiger partial charge is 0.618 e. The fourth-order valence-corrected chi connectivity index (χ4v) is 2.96. The monoisotopic (exact) mass is 409 g/mol. The molecule has 128 valence electrons. The number of nitrogens with zero attached hydrogens (tertiary/aromatic N) is 3. The van der Waals surface area contributed by atoms with Gasteiger partial charge in [0.15, 0.2) is 17.1 Å². The summed E-state index contributed by atoms with van der Waals surface area (Å²) >= 11 is 3.29. The van der Waals surface area contributed by atoms with Gasteiger partial charge in [0.25, 0.3) is 0 Å². The van der Waals surface area contributed by atoms with E-state index in [0.29, 0.717) is 38.8 Å². The van der Waals surface area contributed by atoms with Crippen LogP contribution in [0.2, 0.25) is 0 Å². The summed E-state index contributed by atoms with van der Waals surface area (Å²) < 4.78 is 7.70. The summed E-state index contributed by atoms with van der Waals surface area (Å²) in [5.74, 6) is 0.600. The van der Waals surface area contributed by atoms with E-state index in [-0.39, 0.29) is 0 Å². The third-order valence-corrected chi connectivity index (χ3v) is 4.28. The zero-order chi connectivity index (χ0) is 18.1. The highest BCUT2D eigenvalue weighted by Gasteiger charge is 2.18. The van der Waals surface area contributed by atoms with Gasteiger partial charge in [-0.3, -0.25) is 0 Å². The number of rotatable bonds is 3. The van der Waals surface area contributed by atoms with E-state index in [1.807, 2.05) is 0 Å². The molecule has 0 N–H and O–H groups in total. The minimum absolute atomic E-state index is 0.384. The Kier molecular flexibility index (Phi) is 4.14. The molecule has 0 aromatic carbocycles. The van der Waals surface area contributed by atoms with Gasteiger partial charge in [0, 0.05) is 29.8 Å². The van der Waals surface area contributed by atoms with Crippen molar-refractivity contribution in [2.24, 2.45) is 0 Å². The Bertz CT molecular complexity index is 1030. The van der Waals surface area contributed by atoms with Gasteiger partial charge >= 0.3 is 0 Å². The van der Waals surface area contributed by atoms with Crippen LogP contribution in [0.5, 0.6) is 0 Å². The van der Waals surface area contributed by atoms with E-state index >= 15 is 0 Å². The molecule has 4 rings (SSSR count). The van der Waals surface area contributed by atoms with Gasteiger partial charge < -0.3 is 14.8 Å². The molecule has 0 aliphatic carbocycles. The zero-order valence-electron chi connectivity index (χ0n) is 13.4. The topological polar surface area (TPSA) is 79.9 Å². The summed E-state index contributed by atoms with van der Waals surface area (Å²) in [5.41, 5.74) is 2.38. The molecule has 7 heteroatoms. The quantitative estimate of drug-likeness (QED) is 0.381. The number of hydrogen-bond acceptors (Lipinski definition) is 4. The number of halogens is 1. The van der Waals surface area contributed by atoms with Crippen molar-refractivity contribution in [3.05, 3.63) is 88.1 Å². The van der Waals surface area contributed by atoms with Gasteiger partial charge in [-0.05, 0) is 52.3 Å². The lowest BCUT2D eigenvalue weighted by atomic mass is 10.1. The molecule has 0 unspecified atom stereocenters. The maximum Gasteiger partial charge on any atom is 0.242 e. The highest BCUT2D eigenvalue weighted by molar-refractivity contribution is 9.10. The van der Waals surface area contributed by atoms with E-state index in [0.717, 1.165) is 9.46 Å². The van der Waals surface area contributed by atoms with Crippen LogP contribution < -0.4 is 9.46 Å². The Morgan fingerprint density at radius 3 is 1.85 bits per heavy atom. The van der Waals surface area contributed by atoms with E-state index in [4.69, 9.17) is 4.42 Å². The second-order valence-electron chi connectivity index (χ2n) is 5.55. The van der Waals surface area contributed by atoms with Crippen molar-refractivity contribution < 1.29 is 13.9 Å². The molecule has 0 saturated heterocycles. The van der Waals surface area contributed by atoms with E-state index in [2.05, 4.69) is 20.9 Å². The molecule has 0 fully saturated rings. The van der Waals surface area contributed by atoms with Crippen molar-refractivity contribution >= 4 is 15.9 Å². The number of hydrogen-bond donors (Lipinski definition) is 0. The molecule has 0 aliphatic rings. The molecule has 0 amide bonds. The smallest absolute Gasteiger partial charge is 0.242 e. The second kappa shape index (κ2) is 6.61. The van der Waals surface area contributed by atoms with Gasteiger partial charge in [-0.15, -0.1) is 0 Å². The third-order valence-electron chi connectivity index (χ3n) is 3.86. The normalized spacial score (nSPS) is 10.8. The lowest BCUT2D eigenvalue weighted by molar-refractivity contribution is -0.594. The van der Waals surface area contributed by atoms with Crippen molar-refractivity contribution in [1.82, 2.24) is 4.98 Å².